The lowest BCUT2D eigenvalue weighted by Crippen LogP contribution is -2.41. The number of amides is 1. The summed E-state index contributed by atoms with van der Waals surface area (Å²) in [5, 5.41) is 12.4. The fourth-order valence-electron chi connectivity index (χ4n) is 3.08. The molecular weight excluding hydrogens is 384 g/mol. The van der Waals surface area contributed by atoms with E-state index in [2.05, 4.69) is 28.2 Å². The molecule has 0 heterocycles. The van der Waals surface area contributed by atoms with E-state index in [1.165, 1.54) is 13.5 Å². The molecule has 5 nitrogen and oxygen atoms in total. The van der Waals surface area contributed by atoms with Crippen molar-refractivity contribution in [2.24, 2.45) is 5.92 Å². The van der Waals surface area contributed by atoms with Crippen molar-refractivity contribution in [2.75, 3.05) is 14.2 Å². The highest BCUT2D eigenvalue weighted by Crippen LogP contribution is 2.34. The number of methoxy groups -OCH3 is 2. The van der Waals surface area contributed by atoms with E-state index >= 15 is 0 Å². The number of carbonyl (C=O) groups is 1. The van der Waals surface area contributed by atoms with Gasteiger partial charge in [-0.25, -0.2) is 0 Å². The maximum Gasteiger partial charge on any atom is 0.262 e. The summed E-state index contributed by atoms with van der Waals surface area (Å²) in [6.07, 6.45) is 5.93. The fraction of sp³-hybridized carbons (Fsp3) is 0.474. The predicted octanol–water partition coefficient (Wildman–Crippen LogP) is 4.07. The molecule has 1 aliphatic rings. The Balaban J connectivity index is 2.26. The Morgan fingerprint density at radius 1 is 1.28 bits per heavy atom. The Hall–Kier alpha value is -2.00. The SMILES string of the molecule is COc1cc(OC)c(C=C(C#N)C(=O)NC2CCCCC2C)cc1Br. The molecule has 2 unspecified atom stereocenters. The van der Waals surface area contributed by atoms with E-state index in [4.69, 9.17) is 9.47 Å². The number of hydrogen-bond acceptors (Lipinski definition) is 4. The molecule has 1 saturated carbocycles. The van der Waals surface area contributed by atoms with Crippen LogP contribution in [0.15, 0.2) is 22.2 Å². The first-order valence-corrected chi connectivity index (χ1v) is 9.13. The molecule has 0 aliphatic heterocycles. The molecule has 1 fully saturated rings. The van der Waals surface area contributed by atoms with Crippen molar-refractivity contribution in [1.29, 1.82) is 5.26 Å². The molecule has 0 saturated heterocycles. The molecule has 25 heavy (non-hydrogen) atoms. The molecule has 1 N–H and O–H groups in total. The van der Waals surface area contributed by atoms with Gasteiger partial charge in [0.2, 0.25) is 0 Å². The number of nitrogens with one attached hydrogen (secondary N) is 1. The highest BCUT2D eigenvalue weighted by atomic mass is 79.9. The second-order valence-corrected chi connectivity index (χ2v) is 7.09. The third-order valence-electron chi connectivity index (χ3n) is 4.60. The zero-order valence-electron chi connectivity index (χ0n) is 14.8. The molecule has 0 radical (unpaired) electrons. The van der Waals surface area contributed by atoms with E-state index in [-0.39, 0.29) is 17.5 Å². The summed E-state index contributed by atoms with van der Waals surface area (Å²) in [5.41, 5.74) is 0.701. The topological polar surface area (TPSA) is 71.3 Å². The monoisotopic (exact) mass is 406 g/mol. The minimum Gasteiger partial charge on any atom is -0.496 e. The van der Waals surface area contributed by atoms with E-state index in [0.717, 1.165) is 23.7 Å². The van der Waals surface area contributed by atoms with E-state index in [1.54, 1.807) is 25.3 Å². The number of halogens is 1. The Morgan fingerprint density at radius 2 is 1.96 bits per heavy atom. The molecule has 134 valence electrons. The lowest BCUT2D eigenvalue weighted by atomic mass is 9.86. The molecule has 1 aromatic carbocycles. The summed E-state index contributed by atoms with van der Waals surface area (Å²) < 4.78 is 11.3. The predicted molar refractivity (Wildman–Crippen MR) is 100 cm³/mol. The highest BCUT2D eigenvalue weighted by Gasteiger charge is 2.24. The van der Waals surface area contributed by atoms with Crippen LogP contribution in [-0.4, -0.2) is 26.2 Å². The molecule has 0 bridgehead atoms. The maximum atomic E-state index is 12.5. The number of carbonyl (C=O) groups excluding carboxylic acids is 1. The average Bonchev–Trinajstić information content (AvgIpc) is 2.61. The van der Waals surface area contributed by atoms with Gasteiger partial charge >= 0.3 is 0 Å². The number of benzene rings is 1. The summed E-state index contributed by atoms with van der Waals surface area (Å²) in [5.74, 6) is 1.25. The van der Waals surface area contributed by atoms with Crippen molar-refractivity contribution in [1.82, 2.24) is 5.32 Å². The van der Waals surface area contributed by atoms with Crippen LogP contribution in [0.1, 0.15) is 38.2 Å². The smallest absolute Gasteiger partial charge is 0.262 e. The number of hydrogen-bond donors (Lipinski definition) is 1. The van der Waals surface area contributed by atoms with Crippen LogP contribution in [-0.2, 0) is 4.79 Å². The molecule has 2 rings (SSSR count). The van der Waals surface area contributed by atoms with Gasteiger partial charge in [-0.1, -0.05) is 19.8 Å². The van der Waals surface area contributed by atoms with Crippen LogP contribution in [0.25, 0.3) is 6.08 Å². The molecule has 6 heteroatoms. The molecular formula is C19H23BrN2O3. The molecule has 0 aromatic heterocycles. The summed E-state index contributed by atoms with van der Waals surface area (Å²) in [6, 6.07) is 5.61. The van der Waals surface area contributed by atoms with Gasteiger partial charge in [-0.2, -0.15) is 5.26 Å². The second-order valence-electron chi connectivity index (χ2n) is 6.24. The first-order valence-electron chi connectivity index (χ1n) is 8.34. The van der Waals surface area contributed by atoms with Gasteiger partial charge in [0.15, 0.2) is 0 Å². The summed E-state index contributed by atoms with van der Waals surface area (Å²) in [4.78, 5) is 12.5. The Bertz CT molecular complexity index is 709. The van der Waals surface area contributed by atoms with Crippen LogP contribution < -0.4 is 14.8 Å². The summed E-state index contributed by atoms with van der Waals surface area (Å²) in [7, 11) is 3.10. The van der Waals surface area contributed by atoms with Crippen LogP contribution in [0, 0.1) is 17.2 Å². The largest absolute Gasteiger partial charge is 0.496 e. The van der Waals surface area contributed by atoms with Gasteiger partial charge in [0.1, 0.15) is 23.1 Å². The van der Waals surface area contributed by atoms with E-state index in [0.29, 0.717) is 23.0 Å². The number of ether oxygens (including phenoxy) is 2. The number of nitrogens with zero attached hydrogens (tertiary/aromatic N) is 1. The molecule has 1 aliphatic carbocycles. The van der Waals surface area contributed by atoms with Crippen molar-refractivity contribution in [3.05, 3.63) is 27.7 Å². The Morgan fingerprint density at radius 3 is 2.56 bits per heavy atom. The van der Waals surface area contributed by atoms with Gasteiger partial charge in [-0.3, -0.25) is 4.79 Å². The van der Waals surface area contributed by atoms with E-state index < -0.39 is 0 Å². The van der Waals surface area contributed by atoms with E-state index in [1.807, 2.05) is 6.07 Å². The lowest BCUT2D eigenvalue weighted by molar-refractivity contribution is -0.118. The minimum absolute atomic E-state index is 0.0631. The van der Waals surface area contributed by atoms with Gasteiger partial charge in [0.05, 0.1) is 18.7 Å². The van der Waals surface area contributed by atoms with Crippen LogP contribution >= 0.6 is 15.9 Å². The van der Waals surface area contributed by atoms with Gasteiger partial charge in [0, 0.05) is 17.7 Å². The zero-order valence-corrected chi connectivity index (χ0v) is 16.4. The first kappa shape index (κ1) is 19.3. The third-order valence-corrected chi connectivity index (χ3v) is 5.22. The van der Waals surface area contributed by atoms with Crippen molar-refractivity contribution in [2.45, 2.75) is 38.6 Å². The fourth-order valence-corrected chi connectivity index (χ4v) is 3.60. The lowest BCUT2D eigenvalue weighted by Gasteiger charge is -2.29. The normalized spacial score (nSPS) is 20.5. The Kier molecular flexibility index (Phi) is 6.89. The molecule has 1 amide bonds. The Labute approximate surface area is 157 Å². The minimum atomic E-state index is -0.338. The quantitative estimate of drug-likeness (QED) is 0.590. The van der Waals surface area contributed by atoms with Crippen molar-refractivity contribution in [3.63, 3.8) is 0 Å². The standard InChI is InChI=1S/C19H23BrN2O3/c1-12-6-4-5-7-16(12)22-19(23)14(11-21)8-13-9-15(20)18(25-3)10-17(13)24-2/h8-10,12,16H,4-7H2,1-3H3,(H,22,23). The summed E-state index contributed by atoms with van der Waals surface area (Å²) >= 11 is 3.41. The zero-order chi connectivity index (χ0) is 18.4. The number of nitriles is 1. The van der Waals surface area contributed by atoms with Gasteiger partial charge in [-0.05, 0) is 46.8 Å². The maximum absolute atomic E-state index is 12.5. The van der Waals surface area contributed by atoms with Crippen molar-refractivity contribution < 1.29 is 14.3 Å². The van der Waals surface area contributed by atoms with Crippen LogP contribution in [0.2, 0.25) is 0 Å². The molecule has 1 aromatic rings. The number of rotatable bonds is 5. The first-order chi connectivity index (χ1) is 12.0. The highest BCUT2D eigenvalue weighted by molar-refractivity contribution is 9.10. The third kappa shape index (κ3) is 4.76. The van der Waals surface area contributed by atoms with Gasteiger partial charge in [-0.15, -0.1) is 0 Å². The van der Waals surface area contributed by atoms with Gasteiger partial charge < -0.3 is 14.8 Å². The van der Waals surface area contributed by atoms with Gasteiger partial charge in [0.25, 0.3) is 5.91 Å². The second kappa shape index (κ2) is 8.91. The molecule has 0 spiro atoms. The van der Waals surface area contributed by atoms with Crippen LogP contribution in [0.5, 0.6) is 11.5 Å². The molecule has 2 atom stereocenters. The van der Waals surface area contributed by atoms with E-state index in [9.17, 15) is 10.1 Å². The van der Waals surface area contributed by atoms with Crippen molar-refractivity contribution in [3.8, 4) is 17.6 Å². The average molecular weight is 407 g/mol. The van der Waals surface area contributed by atoms with Crippen LogP contribution in [0.4, 0.5) is 0 Å². The van der Waals surface area contributed by atoms with Crippen LogP contribution in [0.3, 0.4) is 0 Å². The van der Waals surface area contributed by atoms with Crippen molar-refractivity contribution >= 4 is 27.9 Å². The summed E-state index contributed by atoms with van der Waals surface area (Å²) in [6.45, 7) is 2.14.